The van der Waals surface area contributed by atoms with Gasteiger partial charge in [-0.15, -0.1) is 0 Å². The van der Waals surface area contributed by atoms with Gasteiger partial charge in [-0.25, -0.2) is 4.79 Å². The van der Waals surface area contributed by atoms with Crippen molar-refractivity contribution in [3.05, 3.63) is 74.1 Å². The van der Waals surface area contributed by atoms with Gasteiger partial charge in [0.1, 0.15) is 5.75 Å². The molecule has 29 heavy (non-hydrogen) atoms. The third-order valence-electron chi connectivity index (χ3n) is 4.13. The maximum atomic E-state index is 11.9. The number of nitro benzene ring substituents is 1. The number of aryl methyl sites for hydroxylation is 1. The van der Waals surface area contributed by atoms with Crippen LogP contribution in [0.1, 0.15) is 25.0 Å². The van der Waals surface area contributed by atoms with Gasteiger partial charge in [0.15, 0.2) is 5.58 Å². The molecule has 0 spiro atoms. The van der Waals surface area contributed by atoms with E-state index in [-0.39, 0.29) is 17.0 Å². The third-order valence-corrected chi connectivity index (χ3v) is 4.13. The number of ether oxygens (including phenoxy) is 1. The second kappa shape index (κ2) is 7.93. The van der Waals surface area contributed by atoms with Crippen LogP contribution in [0, 0.1) is 17.0 Å². The van der Waals surface area contributed by atoms with Crippen molar-refractivity contribution in [2.75, 3.05) is 5.43 Å². The number of anilines is 1. The standard InChI is InChI=1S/C20H17N3O6/c1-11-10-18(25)29-20-16(11)8-9-17(28-13(3)24)19(20)12(2)21-22-14-4-6-15(7-5-14)23(26)27/h4-10,22H,1-3H3. The van der Waals surface area contributed by atoms with E-state index >= 15 is 0 Å². The lowest BCUT2D eigenvalue weighted by Gasteiger charge is -2.12. The Morgan fingerprint density at radius 1 is 1.17 bits per heavy atom. The number of fused-ring (bicyclic) bond motifs is 1. The number of nitro groups is 1. The molecule has 0 saturated carbocycles. The van der Waals surface area contributed by atoms with Gasteiger partial charge in [0.25, 0.3) is 5.69 Å². The number of non-ortho nitro benzene ring substituents is 1. The molecule has 1 heterocycles. The Balaban J connectivity index is 2.07. The fraction of sp³-hybridized carbons (Fsp3) is 0.150. The van der Waals surface area contributed by atoms with Crippen molar-refractivity contribution in [1.82, 2.24) is 0 Å². The second-order valence-electron chi connectivity index (χ2n) is 6.27. The predicted molar refractivity (Wildman–Crippen MR) is 107 cm³/mol. The van der Waals surface area contributed by atoms with E-state index in [0.29, 0.717) is 27.9 Å². The zero-order chi connectivity index (χ0) is 21.1. The highest BCUT2D eigenvalue weighted by Crippen LogP contribution is 2.30. The molecule has 0 aliphatic heterocycles. The number of rotatable bonds is 5. The van der Waals surface area contributed by atoms with Gasteiger partial charge >= 0.3 is 11.6 Å². The van der Waals surface area contributed by atoms with Crippen molar-refractivity contribution in [1.29, 1.82) is 0 Å². The first kappa shape index (κ1) is 19.7. The molecule has 148 valence electrons. The van der Waals surface area contributed by atoms with Crippen LogP contribution in [0.3, 0.4) is 0 Å². The first-order valence-electron chi connectivity index (χ1n) is 8.57. The van der Waals surface area contributed by atoms with Crippen molar-refractivity contribution in [2.24, 2.45) is 5.10 Å². The smallest absolute Gasteiger partial charge is 0.336 e. The zero-order valence-electron chi connectivity index (χ0n) is 15.9. The van der Waals surface area contributed by atoms with E-state index in [1.807, 2.05) is 0 Å². The molecule has 0 radical (unpaired) electrons. The Labute approximate surface area is 164 Å². The highest BCUT2D eigenvalue weighted by molar-refractivity contribution is 6.11. The molecule has 0 amide bonds. The molecule has 9 heteroatoms. The summed E-state index contributed by atoms with van der Waals surface area (Å²) in [7, 11) is 0. The van der Waals surface area contributed by atoms with Gasteiger partial charge in [-0.05, 0) is 43.7 Å². The summed E-state index contributed by atoms with van der Waals surface area (Å²) in [5.74, 6) is -0.331. The van der Waals surface area contributed by atoms with Gasteiger partial charge in [-0.2, -0.15) is 5.10 Å². The first-order valence-corrected chi connectivity index (χ1v) is 8.57. The quantitative estimate of drug-likeness (QED) is 0.174. The molecule has 0 unspecified atom stereocenters. The summed E-state index contributed by atoms with van der Waals surface area (Å²) in [6.07, 6.45) is 0. The van der Waals surface area contributed by atoms with E-state index in [1.54, 1.807) is 26.0 Å². The minimum absolute atomic E-state index is 0.0419. The largest absolute Gasteiger partial charge is 0.426 e. The maximum absolute atomic E-state index is 11.9. The molecular weight excluding hydrogens is 378 g/mol. The van der Waals surface area contributed by atoms with E-state index in [4.69, 9.17) is 9.15 Å². The Hall–Kier alpha value is -4.01. The van der Waals surface area contributed by atoms with E-state index in [0.717, 1.165) is 0 Å². The second-order valence-corrected chi connectivity index (χ2v) is 6.27. The average molecular weight is 395 g/mol. The summed E-state index contributed by atoms with van der Waals surface area (Å²) in [6, 6.07) is 10.4. The van der Waals surface area contributed by atoms with Crippen LogP contribution in [0.5, 0.6) is 5.75 Å². The number of nitrogens with one attached hydrogen (secondary N) is 1. The van der Waals surface area contributed by atoms with E-state index in [9.17, 15) is 19.7 Å². The lowest BCUT2D eigenvalue weighted by molar-refractivity contribution is -0.384. The van der Waals surface area contributed by atoms with Crippen LogP contribution in [0.4, 0.5) is 11.4 Å². The van der Waals surface area contributed by atoms with Crippen LogP contribution >= 0.6 is 0 Å². The van der Waals surface area contributed by atoms with Gasteiger partial charge in [0.05, 0.1) is 21.9 Å². The van der Waals surface area contributed by atoms with Crippen LogP contribution in [-0.4, -0.2) is 16.6 Å². The molecule has 3 aromatic rings. The fourth-order valence-electron chi connectivity index (χ4n) is 2.81. The van der Waals surface area contributed by atoms with Crippen LogP contribution in [0.15, 0.2) is 56.8 Å². The van der Waals surface area contributed by atoms with Crippen LogP contribution in [0.25, 0.3) is 11.0 Å². The van der Waals surface area contributed by atoms with E-state index < -0.39 is 16.5 Å². The Kier molecular flexibility index (Phi) is 5.40. The van der Waals surface area contributed by atoms with Gasteiger partial charge in [-0.1, -0.05) is 0 Å². The Morgan fingerprint density at radius 2 is 1.86 bits per heavy atom. The van der Waals surface area contributed by atoms with Crippen molar-refractivity contribution >= 4 is 34.0 Å². The summed E-state index contributed by atoms with van der Waals surface area (Å²) in [6.45, 7) is 4.70. The van der Waals surface area contributed by atoms with Crippen molar-refractivity contribution in [3.8, 4) is 5.75 Å². The van der Waals surface area contributed by atoms with E-state index in [1.165, 1.54) is 37.3 Å². The van der Waals surface area contributed by atoms with Crippen molar-refractivity contribution in [2.45, 2.75) is 20.8 Å². The molecule has 0 aliphatic rings. The lowest BCUT2D eigenvalue weighted by atomic mass is 10.0. The average Bonchev–Trinajstić information content (AvgIpc) is 2.65. The van der Waals surface area contributed by atoms with Gasteiger partial charge < -0.3 is 9.15 Å². The summed E-state index contributed by atoms with van der Waals surface area (Å²) >= 11 is 0. The molecule has 2 aromatic carbocycles. The molecule has 1 aromatic heterocycles. The number of hydrogen-bond donors (Lipinski definition) is 1. The first-order chi connectivity index (χ1) is 13.8. The number of hydrazone groups is 1. The number of benzene rings is 2. The van der Waals surface area contributed by atoms with Crippen molar-refractivity contribution < 1.29 is 18.9 Å². The van der Waals surface area contributed by atoms with Gasteiger partial charge in [-0.3, -0.25) is 20.3 Å². The highest BCUT2D eigenvalue weighted by Gasteiger charge is 2.18. The topological polar surface area (TPSA) is 124 Å². The SMILES string of the molecule is CC(=O)Oc1ccc2c(C)cc(=O)oc2c1C(C)=NNc1ccc([N+](=O)[O-])cc1. The summed E-state index contributed by atoms with van der Waals surface area (Å²) in [5.41, 5.74) is 4.43. The third kappa shape index (κ3) is 4.29. The number of hydrogen-bond acceptors (Lipinski definition) is 8. The Morgan fingerprint density at radius 3 is 2.48 bits per heavy atom. The lowest BCUT2D eigenvalue weighted by Crippen LogP contribution is -2.10. The summed E-state index contributed by atoms with van der Waals surface area (Å²) in [4.78, 5) is 33.6. The van der Waals surface area contributed by atoms with Crippen LogP contribution in [-0.2, 0) is 4.79 Å². The maximum Gasteiger partial charge on any atom is 0.336 e. The zero-order valence-corrected chi connectivity index (χ0v) is 15.9. The molecule has 0 bridgehead atoms. The highest BCUT2D eigenvalue weighted by atomic mass is 16.6. The number of nitrogens with zero attached hydrogens (tertiary/aromatic N) is 2. The minimum Gasteiger partial charge on any atom is -0.426 e. The molecule has 0 atom stereocenters. The molecule has 0 saturated heterocycles. The summed E-state index contributed by atoms with van der Waals surface area (Å²) < 4.78 is 10.6. The Bertz CT molecular complexity index is 1200. The monoisotopic (exact) mass is 395 g/mol. The molecule has 9 nitrogen and oxygen atoms in total. The molecule has 3 rings (SSSR count). The van der Waals surface area contributed by atoms with Gasteiger partial charge in [0.2, 0.25) is 0 Å². The van der Waals surface area contributed by atoms with Crippen LogP contribution < -0.4 is 15.8 Å². The molecular formula is C20H17N3O6. The fourth-order valence-corrected chi connectivity index (χ4v) is 2.81. The molecule has 0 aliphatic carbocycles. The number of carbonyl (C=O) groups is 1. The van der Waals surface area contributed by atoms with Gasteiger partial charge in [0, 0.05) is 30.5 Å². The molecule has 0 fully saturated rings. The molecule has 1 N–H and O–H groups in total. The van der Waals surface area contributed by atoms with Crippen molar-refractivity contribution in [3.63, 3.8) is 0 Å². The normalized spacial score (nSPS) is 11.3. The summed E-state index contributed by atoms with van der Waals surface area (Å²) in [5, 5.41) is 15.7. The number of esters is 1. The van der Waals surface area contributed by atoms with E-state index in [2.05, 4.69) is 10.5 Å². The number of carbonyl (C=O) groups excluding carboxylic acids is 1. The van der Waals surface area contributed by atoms with Crippen LogP contribution in [0.2, 0.25) is 0 Å². The minimum atomic E-state index is -0.535. The predicted octanol–water partition coefficient (Wildman–Crippen LogP) is 3.77.